The number of phenolic OH excluding ortho intramolecular Hbond substituents is 2. The van der Waals surface area contributed by atoms with Crippen LogP contribution >= 0.6 is 0 Å². The van der Waals surface area contributed by atoms with Crippen molar-refractivity contribution in [3.05, 3.63) is 29.8 Å². The van der Waals surface area contributed by atoms with E-state index in [0.29, 0.717) is 5.56 Å². The minimum atomic E-state index is -2.34. The minimum Gasteiger partial charge on any atom is -0.504 e. The molecule has 2 saturated heterocycles. The first-order valence-electron chi connectivity index (χ1n) is 6.94. The zero-order chi connectivity index (χ0) is 16.8. The second-order valence-corrected chi connectivity index (χ2v) is 5.62. The maximum Gasteiger partial charge on any atom is 0.344 e. The number of fused-ring (bicyclic) bond motifs is 1. The standard InChI is InChI=1S/C15H16O8/c16-9-4-3-8(6-10(9)17)2-1-5-14(20)13(19)23-12-11(18)7-22-15(12,14)21/h1-4,6,11-12,16-18,20-21H,5,7H2/b2-1+/t11-,12+,14+,15-/m0/s1. The molecular weight excluding hydrogens is 308 g/mol. The van der Waals surface area contributed by atoms with Gasteiger partial charge in [-0.1, -0.05) is 18.2 Å². The second kappa shape index (κ2) is 5.20. The quantitative estimate of drug-likeness (QED) is 0.361. The number of hydrogen-bond donors (Lipinski definition) is 5. The van der Waals surface area contributed by atoms with Crippen LogP contribution in [0, 0.1) is 0 Å². The Morgan fingerprint density at radius 2 is 2.00 bits per heavy atom. The van der Waals surface area contributed by atoms with Crippen LogP contribution in [0.2, 0.25) is 0 Å². The molecule has 0 radical (unpaired) electrons. The van der Waals surface area contributed by atoms with Crippen LogP contribution in [-0.4, -0.2) is 61.7 Å². The summed E-state index contributed by atoms with van der Waals surface area (Å²) in [7, 11) is 0. The predicted octanol–water partition coefficient (Wildman–Crippen LogP) is -0.763. The van der Waals surface area contributed by atoms with E-state index in [0.717, 1.165) is 0 Å². The highest BCUT2D eigenvalue weighted by atomic mass is 16.7. The van der Waals surface area contributed by atoms with Gasteiger partial charge < -0.3 is 35.0 Å². The van der Waals surface area contributed by atoms with Crippen LogP contribution < -0.4 is 0 Å². The number of rotatable bonds is 3. The van der Waals surface area contributed by atoms with Gasteiger partial charge in [-0.05, 0) is 17.7 Å². The first-order valence-corrected chi connectivity index (χ1v) is 6.94. The number of carbonyl (C=O) groups excluding carboxylic acids is 1. The molecule has 0 aliphatic carbocycles. The molecule has 0 saturated carbocycles. The molecule has 1 aromatic rings. The predicted molar refractivity (Wildman–Crippen MR) is 75.2 cm³/mol. The molecule has 8 nitrogen and oxygen atoms in total. The second-order valence-electron chi connectivity index (χ2n) is 5.62. The van der Waals surface area contributed by atoms with Crippen molar-refractivity contribution >= 4 is 12.0 Å². The molecule has 0 spiro atoms. The van der Waals surface area contributed by atoms with E-state index in [4.69, 9.17) is 9.47 Å². The lowest BCUT2D eigenvalue weighted by Crippen LogP contribution is -2.57. The zero-order valence-corrected chi connectivity index (χ0v) is 11.9. The van der Waals surface area contributed by atoms with E-state index >= 15 is 0 Å². The van der Waals surface area contributed by atoms with Gasteiger partial charge in [-0.2, -0.15) is 0 Å². The molecule has 0 amide bonds. The highest BCUT2D eigenvalue weighted by Gasteiger charge is 2.72. The van der Waals surface area contributed by atoms with Crippen molar-refractivity contribution in [2.75, 3.05) is 6.61 Å². The molecule has 2 aliphatic rings. The number of esters is 1. The Kier molecular flexibility index (Phi) is 3.56. The molecule has 1 aromatic carbocycles. The number of phenols is 2. The van der Waals surface area contributed by atoms with E-state index in [9.17, 15) is 30.3 Å². The molecule has 0 bridgehead atoms. The van der Waals surface area contributed by atoms with E-state index in [-0.39, 0.29) is 24.5 Å². The third kappa shape index (κ3) is 2.27. The fraction of sp³-hybridized carbons (Fsp3) is 0.400. The number of benzene rings is 1. The monoisotopic (exact) mass is 324 g/mol. The lowest BCUT2D eigenvalue weighted by atomic mass is 9.88. The van der Waals surface area contributed by atoms with Gasteiger partial charge in [-0.15, -0.1) is 0 Å². The average Bonchev–Trinajstić information content (AvgIpc) is 2.89. The fourth-order valence-electron chi connectivity index (χ4n) is 2.75. The van der Waals surface area contributed by atoms with Gasteiger partial charge in [0.15, 0.2) is 17.6 Å². The lowest BCUT2D eigenvalue weighted by Gasteiger charge is -2.30. The summed E-state index contributed by atoms with van der Waals surface area (Å²) in [6.45, 7) is -0.258. The summed E-state index contributed by atoms with van der Waals surface area (Å²) in [6, 6.07) is 4.08. The Morgan fingerprint density at radius 3 is 2.70 bits per heavy atom. The summed E-state index contributed by atoms with van der Waals surface area (Å²) < 4.78 is 9.84. The molecule has 2 aliphatic heterocycles. The van der Waals surface area contributed by atoms with Gasteiger partial charge in [0.05, 0.1) is 6.61 Å². The van der Waals surface area contributed by atoms with Crippen molar-refractivity contribution in [2.45, 2.75) is 30.0 Å². The summed E-state index contributed by atoms with van der Waals surface area (Å²) in [6.07, 6.45) is -0.0108. The molecule has 124 valence electrons. The zero-order valence-electron chi connectivity index (χ0n) is 11.9. The van der Waals surface area contributed by atoms with Crippen LogP contribution in [0.25, 0.3) is 6.08 Å². The highest BCUT2D eigenvalue weighted by Crippen LogP contribution is 2.45. The van der Waals surface area contributed by atoms with Crippen molar-refractivity contribution in [1.29, 1.82) is 0 Å². The van der Waals surface area contributed by atoms with Crippen molar-refractivity contribution in [3.63, 3.8) is 0 Å². The Hall–Kier alpha value is -2.13. The van der Waals surface area contributed by atoms with Gasteiger partial charge in [0, 0.05) is 6.42 Å². The maximum atomic E-state index is 11.9. The Morgan fingerprint density at radius 1 is 1.26 bits per heavy atom. The molecule has 5 N–H and O–H groups in total. The normalized spacial score (nSPS) is 36.4. The molecule has 8 heteroatoms. The first-order chi connectivity index (χ1) is 10.8. The smallest absolute Gasteiger partial charge is 0.344 e. The fourth-order valence-corrected chi connectivity index (χ4v) is 2.75. The molecule has 3 rings (SSSR count). The third-order valence-corrected chi connectivity index (χ3v) is 4.10. The third-order valence-electron chi connectivity index (χ3n) is 4.10. The number of hydrogen-bond acceptors (Lipinski definition) is 8. The maximum absolute atomic E-state index is 11.9. The van der Waals surface area contributed by atoms with Gasteiger partial charge in [0.25, 0.3) is 0 Å². The van der Waals surface area contributed by atoms with Crippen LogP contribution in [0.5, 0.6) is 11.5 Å². The first kappa shape index (κ1) is 15.8. The Labute approximate surface area is 130 Å². The topological polar surface area (TPSA) is 137 Å². The summed E-state index contributed by atoms with van der Waals surface area (Å²) in [5, 5.41) is 49.1. The van der Waals surface area contributed by atoms with Crippen LogP contribution in [0.4, 0.5) is 0 Å². The molecule has 0 aromatic heterocycles. The Balaban J connectivity index is 1.80. The number of ether oxygens (including phenoxy) is 2. The summed E-state index contributed by atoms with van der Waals surface area (Å²) in [5.74, 6) is -3.98. The van der Waals surface area contributed by atoms with Gasteiger partial charge in [-0.25, -0.2) is 4.79 Å². The van der Waals surface area contributed by atoms with Crippen LogP contribution in [-0.2, 0) is 14.3 Å². The number of aliphatic hydroxyl groups excluding tert-OH is 1. The van der Waals surface area contributed by atoms with E-state index in [1.807, 2.05) is 0 Å². The van der Waals surface area contributed by atoms with Gasteiger partial charge in [-0.3, -0.25) is 0 Å². The minimum absolute atomic E-state index is 0.258. The van der Waals surface area contributed by atoms with Crippen molar-refractivity contribution in [3.8, 4) is 11.5 Å². The molecule has 23 heavy (non-hydrogen) atoms. The highest BCUT2D eigenvalue weighted by molar-refractivity contribution is 5.84. The van der Waals surface area contributed by atoms with Crippen LogP contribution in [0.1, 0.15) is 12.0 Å². The molecule has 2 fully saturated rings. The van der Waals surface area contributed by atoms with Gasteiger partial charge >= 0.3 is 5.97 Å². The van der Waals surface area contributed by atoms with Gasteiger partial charge in [0.1, 0.15) is 6.10 Å². The van der Waals surface area contributed by atoms with Crippen molar-refractivity contribution in [1.82, 2.24) is 0 Å². The SMILES string of the molecule is O=C1O[C@@H]2[C@@H](O)CO[C@]2(O)[C@@]1(O)C/C=C/c1ccc(O)c(O)c1. The molecule has 4 atom stereocenters. The van der Waals surface area contributed by atoms with Gasteiger partial charge in [0.2, 0.25) is 11.4 Å². The van der Waals surface area contributed by atoms with Crippen molar-refractivity contribution < 1.29 is 39.8 Å². The van der Waals surface area contributed by atoms with E-state index in [1.54, 1.807) is 0 Å². The number of aromatic hydroxyl groups is 2. The largest absolute Gasteiger partial charge is 0.504 e. The summed E-state index contributed by atoms with van der Waals surface area (Å²) in [5.41, 5.74) is -1.84. The summed E-state index contributed by atoms with van der Waals surface area (Å²) in [4.78, 5) is 11.9. The molecular formula is C15H16O8. The van der Waals surface area contributed by atoms with E-state index in [2.05, 4.69) is 0 Å². The number of aliphatic hydroxyl groups is 3. The van der Waals surface area contributed by atoms with Crippen LogP contribution in [0.3, 0.4) is 0 Å². The Bertz CT molecular complexity index is 671. The van der Waals surface area contributed by atoms with E-state index in [1.165, 1.54) is 30.4 Å². The summed E-state index contributed by atoms with van der Waals surface area (Å²) >= 11 is 0. The van der Waals surface area contributed by atoms with Crippen molar-refractivity contribution in [2.24, 2.45) is 0 Å². The molecule has 2 heterocycles. The van der Waals surface area contributed by atoms with Crippen LogP contribution in [0.15, 0.2) is 24.3 Å². The lowest BCUT2D eigenvalue weighted by molar-refractivity contribution is -0.261. The molecule has 0 unspecified atom stereocenters. The average molecular weight is 324 g/mol. The number of carbonyl (C=O) groups is 1. The van der Waals surface area contributed by atoms with E-state index < -0.39 is 29.6 Å².